The number of nitrogens with zero attached hydrogens (tertiary/aromatic N) is 4. The largest absolute Gasteiger partial charge is 0.497 e. The number of benzene rings is 4. The van der Waals surface area contributed by atoms with Gasteiger partial charge in [0.05, 0.1) is 57.0 Å². The van der Waals surface area contributed by atoms with Crippen LogP contribution in [0.3, 0.4) is 0 Å². The quantitative estimate of drug-likeness (QED) is 0.0280. The van der Waals surface area contributed by atoms with Gasteiger partial charge in [-0.1, -0.05) is 89.5 Å². The third kappa shape index (κ3) is 16.6. The first-order valence-corrected chi connectivity index (χ1v) is 38.1. The molecule has 0 saturated heterocycles. The highest BCUT2D eigenvalue weighted by Gasteiger charge is 2.45. The SMILES string of the molecule is COc1ccc(C2=CN3C(=O)c4cc(OC)c(OCCCCCOc5cc6c(cc5OC)C(=O)N5C=C(c7ccc(CNC(=O)C(C)NC(=O)C(NC(=O)O)C(C)C)cc7)C[C@H]5C(=O)N6COCC[Si](C)(C)C)cc4N(COCC[Si](C)(C)C)C(=O)[C@@H]3C2)cc1. The average molecular weight is 1270 g/mol. The highest BCUT2D eigenvalue weighted by atomic mass is 28.3. The van der Waals surface area contributed by atoms with Crippen LogP contribution in [0.15, 0.2) is 85.2 Å². The molecule has 22 nitrogen and oxygen atoms in total. The van der Waals surface area contributed by atoms with Gasteiger partial charge in [-0.2, -0.15) is 0 Å². The van der Waals surface area contributed by atoms with Gasteiger partial charge in [0.25, 0.3) is 23.6 Å². The fraction of sp³-hybridized carbons (Fsp3) is 0.470. The molecule has 8 rings (SSSR count). The Morgan fingerprint density at radius 3 is 1.44 bits per heavy atom. The van der Waals surface area contributed by atoms with Crippen molar-refractivity contribution in [3.63, 3.8) is 0 Å². The van der Waals surface area contributed by atoms with E-state index in [1.54, 1.807) is 62.5 Å². The predicted molar refractivity (Wildman–Crippen MR) is 348 cm³/mol. The first-order valence-electron chi connectivity index (χ1n) is 30.7. The highest BCUT2D eigenvalue weighted by molar-refractivity contribution is 6.76. The number of unbranched alkanes of at least 4 members (excludes halogenated alkanes) is 2. The number of anilines is 2. The number of carboxylic acid groups (broad SMARTS) is 1. The lowest BCUT2D eigenvalue weighted by molar-refractivity contribution is -0.130. The van der Waals surface area contributed by atoms with Crippen LogP contribution in [0.4, 0.5) is 16.2 Å². The van der Waals surface area contributed by atoms with Crippen LogP contribution in [0.2, 0.25) is 51.4 Å². The van der Waals surface area contributed by atoms with E-state index in [2.05, 4.69) is 55.2 Å². The molecule has 4 aromatic carbocycles. The van der Waals surface area contributed by atoms with Gasteiger partial charge in [0.2, 0.25) is 11.8 Å². The second-order valence-corrected chi connectivity index (χ2v) is 37.0. The molecule has 0 aromatic heterocycles. The Kier molecular flexibility index (Phi) is 22.3. The predicted octanol–water partition coefficient (Wildman–Crippen LogP) is 9.58. The molecule has 24 heteroatoms. The summed E-state index contributed by atoms with van der Waals surface area (Å²) in [6, 6.07) is 19.7. The number of hydrogen-bond donors (Lipinski definition) is 4. The number of carbonyl (C=O) groups is 7. The van der Waals surface area contributed by atoms with E-state index in [1.165, 1.54) is 35.8 Å². The molecule has 4 atom stereocenters. The van der Waals surface area contributed by atoms with Crippen molar-refractivity contribution in [1.82, 2.24) is 25.8 Å². The molecule has 4 aliphatic rings. The van der Waals surface area contributed by atoms with Crippen molar-refractivity contribution in [2.75, 3.05) is 71.0 Å². The van der Waals surface area contributed by atoms with E-state index in [4.69, 9.17) is 38.3 Å². The number of carbonyl (C=O) groups excluding carboxylic acids is 6. The van der Waals surface area contributed by atoms with Gasteiger partial charge in [0.1, 0.15) is 43.4 Å². The van der Waals surface area contributed by atoms with Crippen LogP contribution >= 0.6 is 0 Å². The molecular formula is C66H87N7O15Si2. The Labute approximate surface area is 529 Å². The monoisotopic (exact) mass is 1270 g/mol. The number of nitrogens with one attached hydrogen (secondary N) is 3. The molecule has 4 aliphatic heterocycles. The molecule has 4 N–H and O–H groups in total. The lowest BCUT2D eigenvalue weighted by Crippen LogP contribution is -2.54. The molecule has 0 saturated carbocycles. The fourth-order valence-corrected chi connectivity index (χ4v) is 12.4. The average Bonchev–Trinajstić information content (AvgIpc) is 1.61. The molecule has 0 spiro atoms. The topological polar surface area (TPSA) is 253 Å². The van der Waals surface area contributed by atoms with Crippen molar-refractivity contribution in [3.05, 3.63) is 113 Å². The van der Waals surface area contributed by atoms with Crippen molar-refractivity contribution in [3.8, 4) is 28.7 Å². The maximum absolute atomic E-state index is 14.8. The first-order chi connectivity index (χ1) is 42.8. The Morgan fingerprint density at radius 1 is 0.578 bits per heavy atom. The van der Waals surface area contributed by atoms with Crippen LogP contribution in [-0.2, 0) is 35.2 Å². The molecule has 0 aliphatic carbocycles. The summed E-state index contributed by atoms with van der Waals surface area (Å²) in [5, 5.41) is 16.7. The van der Waals surface area contributed by atoms with E-state index in [1.807, 2.05) is 48.5 Å². The third-order valence-electron chi connectivity index (χ3n) is 16.2. The van der Waals surface area contributed by atoms with Crippen LogP contribution < -0.4 is 49.4 Å². The standard InChI is InChI=1S/C66H87N7O15Si2/c1-41(2)59(69-66(80)81)61(75)68-42(3)60(74)67-36-43-16-18-44(19-17-43)46-30-53-64(78)72(39-85-26-28-89(7,8)9)51-34-57(55(83-5)32-49(51)62(76)70(53)37-46)87-24-14-13-15-25-88-58-35-52-50(33-56(58)84-6)63(77)71-38-47(45-20-22-48(82-4)23-21-45)31-54(71)65(79)73(52)40-86-27-29-90(10,11)12/h16-23,32-35,37-38,41-42,53-54,59,69H,13-15,24-31,36,39-40H2,1-12H3,(H,67,74)(H,68,75)(H,80,81)/t42?,53-,54-,59?/m0/s1. The zero-order valence-electron chi connectivity index (χ0n) is 53.8. The highest BCUT2D eigenvalue weighted by Crippen LogP contribution is 2.44. The van der Waals surface area contributed by atoms with Gasteiger partial charge in [-0.3, -0.25) is 38.6 Å². The lowest BCUT2D eigenvalue weighted by atomic mass is 10.0. The van der Waals surface area contributed by atoms with Crippen LogP contribution in [0.25, 0.3) is 11.1 Å². The van der Waals surface area contributed by atoms with E-state index >= 15 is 0 Å². The summed E-state index contributed by atoms with van der Waals surface area (Å²) < 4.78 is 42.2. The summed E-state index contributed by atoms with van der Waals surface area (Å²) in [6.07, 6.45) is 4.58. The third-order valence-corrected chi connectivity index (χ3v) is 19.6. The summed E-state index contributed by atoms with van der Waals surface area (Å²) >= 11 is 0. The normalized spacial score (nSPS) is 17.1. The number of hydrogen-bond acceptors (Lipinski definition) is 14. The molecule has 0 fully saturated rings. The smallest absolute Gasteiger partial charge is 0.405 e. The Bertz CT molecular complexity index is 3360. The van der Waals surface area contributed by atoms with Gasteiger partial charge < -0.3 is 64.0 Å². The van der Waals surface area contributed by atoms with Crippen molar-refractivity contribution in [2.45, 2.75) is 135 Å². The summed E-state index contributed by atoms with van der Waals surface area (Å²) in [4.78, 5) is 102. The molecule has 4 aromatic rings. The molecule has 4 heterocycles. The molecule has 0 radical (unpaired) electrons. The first kappa shape index (κ1) is 67.7. The maximum Gasteiger partial charge on any atom is 0.405 e. The van der Waals surface area contributed by atoms with E-state index < -0.39 is 64.1 Å². The van der Waals surface area contributed by atoms with Crippen LogP contribution in [0, 0.1) is 5.92 Å². The van der Waals surface area contributed by atoms with Crippen LogP contribution in [0.5, 0.6) is 28.7 Å². The Balaban J connectivity index is 0.922. The zero-order chi connectivity index (χ0) is 65.2. The Morgan fingerprint density at radius 2 is 1.03 bits per heavy atom. The molecule has 90 heavy (non-hydrogen) atoms. The van der Waals surface area contributed by atoms with Gasteiger partial charge >= 0.3 is 6.09 Å². The number of amides is 7. The van der Waals surface area contributed by atoms with Crippen molar-refractivity contribution < 1.29 is 71.8 Å². The molecule has 2 unspecified atom stereocenters. The van der Waals surface area contributed by atoms with Crippen molar-refractivity contribution in [2.24, 2.45) is 5.92 Å². The van der Waals surface area contributed by atoms with Gasteiger partial charge in [0.15, 0.2) is 23.0 Å². The van der Waals surface area contributed by atoms with E-state index in [0.29, 0.717) is 79.0 Å². The second-order valence-electron chi connectivity index (χ2n) is 25.7. The number of fused-ring (bicyclic) bond motifs is 4. The summed E-state index contributed by atoms with van der Waals surface area (Å²) in [5.41, 5.74) is 5.28. The van der Waals surface area contributed by atoms with E-state index in [-0.39, 0.29) is 74.4 Å². The fourth-order valence-electron chi connectivity index (χ4n) is 10.8. The summed E-state index contributed by atoms with van der Waals surface area (Å²) in [6.45, 7) is 19.9. The zero-order valence-corrected chi connectivity index (χ0v) is 55.8. The maximum atomic E-state index is 14.8. The van der Waals surface area contributed by atoms with E-state index in [9.17, 15) is 33.6 Å². The summed E-state index contributed by atoms with van der Waals surface area (Å²) in [5.74, 6) is -0.652. The van der Waals surface area contributed by atoms with Gasteiger partial charge in [0, 0.05) is 73.3 Å². The minimum absolute atomic E-state index is 0.0442. The molecule has 7 amide bonds. The van der Waals surface area contributed by atoms with Crippen molar-refractivity contribution in [1.29, 1.82) is 0 Å². The second kappa shape index (κ2) is 29.6. The summed E-state index contributed by atoms with van der Waals surface area (Å²) in [7, 11) is 1.64. The number of ether oxygens (including phenoxy) is 7. The Hall–Kier alpha value is -8.20. The number of rotatable bonds is 30. The van der Waals surface area contributed by atoms with Crippen LogP contribution in [0.1, 0.15) is 90.3 Å². The minimum Gasteiger partial charge on any atom is -0.497 e. The minimum atomic E-state index is -1.51. The van der Waals surface area contributed by atoms with Gasteiger partial charge in [-0.05, 0) is 96.3 Å². The van der Waals surface area contributed by atoms with Gasteiger partial charge in [-0.15, -0.1) is 0 Å². The van der Waals surface area contributed by atoms with Gasteiger partial charge in [-0.25, -0.2) is 4.79 Å². The van der Waals surface area contributed by atoms with Crippen molar-refractivity contribution >= 4 is 80.2 Å². The molecule has 0 bridgehead atoms. The molecular weight excluding hydrogens is 1190 g/mol. The van der Waals surface area contributed by atoms with Crippen LogP contribution in [-0.4, -0.2) is 158 Å². The number of methoxy groups -OCH3 is 3. The van der Waals surface area contributed by atoms with E-state index in [0.717, 1.165) is 39.9 Å². The lowest BCUT2D eigenvalue weighted by Gasteiger charge is -2.27. The molecule has 484 valence electrons.